The van der Waals surface area contributed by atoms with Crippen LogP contribution in [0.5, 0.6) is 0 Å². The van der Waals surface area contributed by atoms with Crippen LogP contribution in [0.4, 0.5) is 0 Å². The fourth-order valence-corrected chi connectivity index (χ4v) is 3.15. The van der Waals surface area contributed by atoms with Crippen LogP contribution in [0.2, 0.25) is 5.02 Å². The molecule has 0 radical (unpaired) electrons. The second-order valence-electron chi connectivity index (χ2n) is 6.26. The molecule has 2 aromatic rings. The Hall–Kier alpha value is -2.37. The molecule has 1 fully saturated rings. The van der Waals surface area contributed by atoms with E-state index in [0.29, 0.717) is 30.3 Å². The van der Waals surface area contributed by atoms with Gasteiger partial charge >= 0.3 is 0 Å². The second kappa shape index (κ2) is 8.34. The predicted octanol–water partition coefficient (Wildman–Crippen LogP) is 3.06. The van der Waals surface area contributed by atoms with Crippen molar-refractivity contribution in [1.29, 1.82) is 0 Å². The SMILES string of the molecule is C[C@@H](NC(=O)c1cccc(Cl)c1)C(=O)N1CCOC(c2ccccc2)C1. The summed E-state index contributed by atoms with van der Waals surface area (Å²) in [7, 11) is 0. The first kappa shape index (κ1) is 18.4. The van der Waals surface area contributed by atoms with E-state index in [1.807, 2.05) is 30.3 Å². The highest BCUT2D eigenvalue weighted by atomic mass is 35.5. The van der Waals surface area contributed by atoms with Gasteiger partial charge in [0.1, 0.15) is 12.1 Å². The summed E-state index contributed by atoms with van der Waals surface area (Å²) in [6.45, 7) is 3.15. The Kier molecular flexibility index (Phi) is 5.91. The fraction of sp³-hybridized carbons (Fsp3) is 0.300. The molecule has 2 atom stereocenters. The van der Waals surface area contributed by atoms with Crippen LogP contribution in [0.3, 0.4) is 0 Å². The molecular formula is C20H21ClN2O3. The minimum atomic E-state index is -0.629. The summed E-state index contributed by atoms with van der Waals surface area (Å²) in [5.41, 5.74) is 1.47. The minimum Gasteiger partial charge on any atom is -0.370 e. The maximum atomic E-state index is 12.7. The Labute approximate surface area is 157 Å². The van der Waals surface area contributed by atoms with Gasteiger partial charge < -0.3 is 15.0 Å². The number of nitrogens with one attached hydrogen (secondary N) is 1. The lowest BCUT2D eigenvalue weighted by atomic mass is 10.1. The Morgan fingerprint density at radius 1 is 1.19 bits per heavy atom. The van der Waals surface area contributed by atoms with Gasteiger partial charge in [-0.3, -0.25) is 9.59 Å². The Morgan fingerprint density at radius 3 is 2.69 bits per heavy atom. The van der Waals surface area contributed by atoms with Crippen molar-refractivity contribution in [2.75, 3.05) is 19.7 Å². The largest absolute Gasteiger partial charge is 0.370 e. The van der Waals surface area contributed by atoms with E-state index in [4.69, 9.17) is 16.3 Å². The number of hydrogen-bond acceptors (Lipinski definition) is 3. The highest BCUT2D eigenvalue weighted by Crippen LogP contribution is 2.22. The molecule has 1 aliphatic rings. The van der Waals surface area contributed by atoms with E-state index in [2.05, 4.69) is 5.32 Å². The van der Waals surface area contributed by atoms with Crippen molar-refractivity contribution in [2.24, 2.45) is 0 Å². The maximum Gasteiger partial charge on any atom is 0.251 e. The molecule has 3 rings (SSSR count). The summed E-state index contributed by atoms with van der Waals surface area (Å²) in [4.78, 5) is 26.8. The molecule has 136 valence electrons. The zero-order valence-electron chi connectivity index (χ0n) is 14.5. The van der Waals surface area contributed by atoms with Gasteiger partial charge in [-0.15, -0.1) is 0 Å². The van der Waals surface area contributed by atoms with Crippen LogP contribution in [0.25, 0.3) is 0 Å². The maximum absolute atomic E-state index is 12.7. The molecule has 1 unspecified atom stereocenters. The molecule has 1 heterocycles. The highest BCUT2D eigenvalue weighted by Gasteiger charge is 2.28. The molecule has 1 aliphatic heterocycles. The highest BCUT2D eigenvalue weighted by molar-refractivity contribution is 6.31. The number of benzene rings is 2. The zero-order chi connectivity index (χ0) is 18.5. The van der Waals surface area contributed by atoms with E-state index in [9.17, 15) is 9.59 Å². The first-order chi connectivity index (χ1) is 12.5. The zero-order valence-corrected chi connectivity index (χ0v) is 15.3. The lowest BCUT2D eigenvalue weighted by Crippen LogP contribution is -2.51. The van der Waals surface area contributed by atoms with Crippen molar-refractivity contribution >= 4 is 23.4 Å². The van der Waals surface area contributed by atoms with Crippen molar-refractivity contribution < 1.29 is 14.3 Å². The summed E-state index contributed by atoms with van der Waals surface area (Å²) >= 11 is 5.91. The van der Waals surface area contributed by atoms with Crippen LogP contribution >= 0.6 is 11.6 Å². The molecule has 0 aromatic heterocycles. The lowest BCUT2D eigenvalue weighted by Gasteiger charge is -2.34. The third kappa shape index (κ3) is 4.42. The van der Waals surface area contributed by atoms with Crippen molar-refractivity contribution in [3.63, 3.8) is 0 Å². The lowest BCUT2D eigenvalue weighted by molar-refractivity contribution is -0.140. The van der Waals surface area contributed by atoms with Gasteiger partial charge in [0.05, 0.1) is 13.2 Å². The molecule has 0 bridgehead atoms. The predicted molar refractivity (Wildman–Crippen MR) is 100 cm³/mol. The van der Waals surface area contributed by atoms with Gasteiger partial charge in [0, 0.05) is 17.1 Å². The van der Waals surface area contributed by atoms with Crippen LogP contribution in [-0.2, 0) is 9.53 Å². The standard InChI is InChI=1S/C20H21ClN2O3/c1-14(22-19(24)16-8-5-9-17(21)12-16)20(25)23-10-11-26-18(13-23)15-6-3-2-4-7-15/h2-9,12,14,18H,10-11,13H2,1H3,(H,22,24)/t14-,18?/m1/s1. The van der Waals surface area contributed by atoms with Crippen molar-refractivity contribution in [2.45, 2.75) is 19.1 Å². The third-order valence-corrected chi connectivity index (χ3v) is 4.59. The van der Waals surface area contributed by atoms with Crippen molar-refractivity contribution in [1.82, 2.24) is 10.2 Å². The molecular weight excluding hydrogens is 352 g/mol. The van der Waals surface area contributed by atoms with Crippen LogP contribution in [0.1, 0.15) is 28.9 Å². The molecule has 2 aromatic carbocycles. The van der Waals surface area contributed by atoms with Crippen molar-refractivity contribution in [3.8, 4) is 0 Å². The summed E-state index contributed by atoms with van der Waals surface area (Å²) in [5.74, 6) is -0.439. The van der Waals surface area contributed by atoms with Crippen molar-refractivity contribution in [3.05, 3.63) is 70.7 Å². The number of halogens is 1. The number of amides is 2. The number of carbonyl (C=O) groups excluding carboxylic acids is 2. The molecule has 2 amide bonds. The van der Waals surface area contributed by atoms with Gasteiger partial charge in [-0.25, -0.2) is 0 Å². The molecule has 1 N–H and O–H groups in total. The summed E-state index contributed by atoms with van der Waals surface area (Å²) in [6, 6.07) is 15.8. The number of hydrogen-bond donors (Lipinski definition) is 1. The van der Waals surface area contributed by atoms with Gasteiger partial charge in [-0.2, -0.15) is 0 Å². The number of ether oxygens (including phenoxy) is 1. The number of carbonyl (C=O) groups is 2. The van der Waals surface area contributed by atoms with Crippen LogP contribution in [0.15, 0.2) is 54.6 Å². The van der Waals surface area contributed by atoms with E-state index < -0.39 is 6.04 Å². The van der Waals surface area contributed by atoms with Crippen LogP contribution in [-0.4, -0.2) is 42.5 Å². The first-order valence-electron chi connectivity index (χ1n) is 8.56. The van der Waals surface area contributed by atoms with E-state index in [-0.39, 0.29) is 17.9 Å². The molecule has 5 nitrogen and oxygen atoms in total. The monoisotopic (exact) mass is 372 g/mol. The molecule has 0 spiro atoms. The van der Waals surface area contributed by atoms with Crippen LogP contribution in [0, 0.1) is 0 Å². The third-order valence-electron chi connectivity index (χ3n) is 4.35. The molecule has 26 heavy (non-hydrogen) atoms. The van der Waals surface area contributed by atoms with Gasteiger partial charge in [0.2, 0.25) is 5.91 Å². The number of morpholine rings is 1. The Morgan fingerprint density at radius 2 is 1.96 bits per heavy atom. The number of rotatable bonds is 4. The van der Waals surface area contributed by atoms with E-state index in [1.165, 1.54) is 0 Å². The molecule has 0 saturated carbocycles. The number of nitrogens with zero attached hydrogens (tertiary/aromatic N) is 1. The molecule has 0 aliphatic carbocycles. The topological polar surface area (TPSA) is 58.6 Å². The van der Waals surface area contributed by atoms with E-state index in [1.54, 1.807) is 36.1 Å². The Balaban J connectivity index is 1.61. The van der Waals surface area contributed by atoms with E-state index >= 15 is 0 Å². The average molecular weight is 373 g/mol. The minimum absolute atomic E-state index is 0.121. The van der Waals surface area contributed by atoms with Gasteiger partial charge in [0.25, 0.3) is 5.91 Å². The quantitative estimate of drug-likeness (QED) is 0.897. The van der Waals surface area contributed by atoms with Gasteiger partial charge in [-0.05, 0) is 30.7 Å². The fourth-order valence-electron chi connectivity index (χ4n) is 2.96. The Bertz CT molecular complexity index is 782. The van der Waals surface area contributed by atoms with Gasteiger partial charge in [0.15, 0.2) is 0 Å². The summed E-state index contributed by atoms with van der Waals surface area (Å²) in [5, 5.41) is 3.23. The smallest absolute Gasteiger partial charge is 0.251 e. The summed E-state index contributed by atoms with van der Waals surface area (Å²) < 4.78 is 5.79. The van der Waals surface area contributed by atoms with Gasteiger partial charge in [-0.1, -0.05) is 48.0 Å². The molecule has 6 heteroatoms. The summed E-state index contributed by atoms with van der Waals surface area (Å²) in [6.07, 6.45) is -0.148. The van der Waals surface area contributed by atoms with E-state index in [0.717, 1.165) is 5.56 Å². The first-order valence-corrected chi connectivity index (χ1v) is 8.94. The molecule has 1 saturated heterocycles. The van der Waals surface area contributed by atoms with Crippen LogP contribution < -0.4 is 5.32 Å². The second-order valence-corrected chi connectivity index (χ2v) is 6.70. The average Bonchev–Trinajstić information content (AvgIpc) is 2.68. The normalized spacial score (nSPS) is 18.2.